The topological polar surface area (TPSA) is 64.2 Å². The first-order valence-corrected chi connectivity index (χ1v) is 7.30. The average Bonchev–Trinajstić information content (AvgIpc) is 3.01. The smallest absolute Gasteiger partial charge is 0.254 e. The minimum atomic E-state index is 0.0800. The summed E-state index contributed by atoms with van der Waals surface area (Å²) >= 11 is 0. The molecule has 1 aromatic carbocycles. The van der Waals surface area contributed by atoms with Crippen LogP contribution in [0.3, 0.4) is 0 Å². The number of imidazole rings is 1. The van der Waals surface area contributed by atoms with Crippen LogP contribution < -0.4 is 5.73 Å². The highest BCUT2D eigenvalue weighted by Gasteiger charge is 2.27. The third-order valence-corrected chi connectivity index (χ3v) is 4.07. The van der Waals surface area contributed by atoms with Crippen molar-refractivity contribution in [1.82, 2.24) is 14.5 Å². The van der Waals surface area contributed by atoms with E-state index in [1.54, 1.807) is 12.5 Å². The summed E-state index contributed by atoms with van der Waals surface area (Å²) in [5.41, 5.74) is 7.62. The molecule has 5 heteroatoms. The quantitative estimate of drug-likeness (QED) is 0.915. The van der Waals surface area contributed by atoms with E-state index in [9.17, 15) is 4.79 Å². The SMILES string of the molecule is C[C@@H]1C[C@H](N)CCN1C(=O)c1cccc(-n2ccnc2)c1. The van der Waals surface area contributed by atoms with E-state index in [0.29, 0.717) is 5.56 Å². The van der Waals surface area contributed by atoms with Gasteiger partial charge in [-0.05, 0) is 38.0 Å². The number of aromatic nitrogens is 2. The average molecular weight is 284 g/mol. The monoisotopic (exact) mass is 284 g/mol. The molecule has 1 amide bonds. The summed E-state index contributed by atoms with van der Waals surface area (Å²) in [7, 11) is 0. The number of likely N-dealkylation sites (tertiary alicyclic amines) is 1. The lowest BCUT2D eigenvalue weighted by Gasteiger charge is -2.36. The second kappa shape index (κ2) is 5.69. The Balaban J connectivity index is 1.83. The molecule has 0 bridgehead atoms. The molecule has 1 aromatic heterocycles. The van der Waals surface area contributed by atoms with Gasteiger partial charge in [0.1, 0.15) is 0 Å². The lowest BCUT2D eigenvalue weighted by atomic mass is 9.98. The number of piperidine rings is 1. The molecule has 0 unspecified atom stereocenters. The van der Waals surface area contributed by atoms with Gasteiger partial charge in [-0.25, -0.2) is 4.98 Å². The maximum Gasteiger partial charge on any atom is 0.254 e. The number of nitrogens with two attached hydrogens (primary N) is 1. The van der Waals surface area contributed by atoms with Gasteiger partial charge in [0.05, 0.1) is 6.33 Å². The van der Waals surface area contributed by atoms with Crippen molar-refractivity contribution >= 4 is 5.91 Å². The molecule has 2 heterocycles. The summed E-state index contributed by atoms with van der Waals surface area (Å²) in [5, 5.41) is 0. The normalized spacial score (nSPS) is 22.3. The van der Waals surface area contributed by atoms with Gasteiger partial charge in [0, 0.05) is 42.3 Å². The number of hydrogen-bond acceptors (Lipinski definition) is 3. The molecule has 2 N–H and O–H groups in total. The Morgan fingerprint density at radius 1 is 1.43 bits per heavy atom. The summed E-state index contributed by atoms with van der Waals surface area (Å²) in [4.78, 5) is 18.7. The van der Waals surface area contributed by atoms with Gasteiger partial charge in [0.25, 0.3) is 5.91 Å². The molecule has 2 atom stereocenters. The van der Waals surface area contributed by atoms with Crippen LogP contribution in [0.5, 0.6) is 0 Å². The summed E-state index contributed by atoms with van der Waals surface area (Å²) in [6.07, 6.45) is 7.06. The van der Waals surface area contributed by atoms with Gasteiger partial charge in [-0.1, -0.05) is 6.07 Å². The minimum absolute atomic E-state index is 0.0800. The second-order valence-corrected chi connectivity index (χ2v) is 5.65. The Kier molecular flexibility index (Phi) is 3.75. The van der Waals surface area contributed by atoms with E-state index in [1.807, 2.05) is 39.9 Å². The Morgan fingerprint density at radius 2 is 2.29 bits per heavy atom. The highest BCUT2D eigenvalue weighted by atomic mass is 16.2. The van der Waals surface area contributed by atoms with E-state index in [2.05, 4.69) is 11.9 Å². The molecule has 2 aromatic rings. The number of rotatable bonds is 2. The van der Waals surface area contributed by atoms with Crippen LogP contribution in [0.4, 0.5) is 0 Å². The number of amides is 1. The fourth-order valence-electron chi connectivity index (χ4n) is 2.89. The number of carbonyl (C=O) groups is 1. The van der Waals surface area contributed by atoms with Crippen molar-refractivity contribution in [2.75, 3.05) is 6.54 Å². The Hall–Kier alpha value is -2.14. The van der Waals surface area contributed by atoms with Crippen LogP contribution >= 0.6 is 0 Å². The molecule has 0 radical (unpaired) electrons. The van der Waals surface area contributed by atoms with Crippen LogP contribution in [0, 0.1) is 0 Å². The Morgan fingerprint density at radius 3 is 3.00 bits per heavy atom. The molecule has 0 saturated carbocycles. The third kappa shape index (κ3) is 2.83. The summed E-state index contributed by atoms with van der Waals surface area (Å²) in [6, 6.07) is 8.05. The van der Waals surface area contributed by atoms with Crippen LogP contribution in [0.2, 0.25) is 0 Å². The fraction of sp³-hybridized carbons (Fsp3) is 0.375. The maximum atomic E-state index is 12.7. The van der Waals surface area contributed by atoms with E-state index in [0.717, 1.165) is 25.1 Å². The predicted octanol–water partition coefficient (Wildman–Crippen LogP) is 1.82. The first-order valence-electron chi connectivity index (χ1n) is 7.30. The van der Waals surface area contributed by atoms with Gasteiger partial charge in [-0.15, -0.1) is 0 Å². The largest absolute Gasteiger partial charge is 0.336 e. The molecule has 1 aliphatic heterocycles. The molecule has 1 aliphatic rings. The molecular weight excluding hydrogens is 264 g/mol. The molecule has 1 saturated heterocycles. The lowest BCUT2D eigenvalue weighted by Crippen LogP contribution is -2.48. The number of nitrogens with zero attached hydrogens (tertiary/aromatic N) is 3. The first-order chi connectivity index (χ1) is 10.1. The van der Waals surface area contributed by atoms with Crippen LogP contribution in [0.25, 0.3) is 5.69 Å². The van der Waals surface area contributed by atoms with E-state index in [1.165, 1.54) is 0 Å². The standard InChI is InChI=1S/C16H20N4O/c1-12-9-14(17)5-7-20(12)16(21)13-3-2-4-15(10-13)19-8-6-18-11-19/h2-4,6,8,10-12,14H,5,7,9,17H2,1H3/t12-,14-/m1/s1. The van der Waals surface area contributed by atoms with E-state index in [-0.39, 0.29) is 18.0 Å². The third-order valence-electron chi connectivity index (χ3n) is 4.07. The van der Waals surface area contributed by atoms with Crippen molar-refractivity contribution in [2.24, 2.45) is 5.73 Å². The Labute approximate surface area is 124 Å². The summed E-state index contributed by atoms with van der Waals surface area (Å²) < 4.78 is 1.90. The lowest BCUT2D eigenvalue weighted by molar-refractivity contribution is 0.0619. The highest BCUT2D eigenvalue weighted by Crippen LogP contribution is 2.20. The maximum absolute atomic E-state index is 12.7. The van der Waals surface area contributed by atoms with E-state index in [4.69, 9.17) is 5.73 Å². The van der Waals surface area contributed by atoms with Crippen molar-refractivity contribution in [3.05, 3.63) is 48.5 Å². The fourth-order valence-corrected chi connectivity index (χ4v) is 2.89. The molecule has 5 nitrogen and oxygen atoms in total. The number of hydrogen-bond donors (Lipinski definition) is 1. The molecule has 1 fully saturated rings. The number of carbonyl (C=O) groups excluding carboxylic acids is 1. The summed E-state index contributed by atoms with van der Waals surface area (Å²) in [6.45, 7) is 2.80. The molecule has 21 heavy (non-hydrogen) atoms. The minimum Gasteiger partial charge on any atom is -0.336 e. The zero-order valence-electron chi connectivity index (χ0n) is 12.1. The molecule has 3 rings (SSSR count). The van der Waals surface area contributed by atoms with Gasteiger partial charge in [0.15, 0.2) is 0 Å². The Bertz CT molecular complexity index is 623. The molecule has 0 aliphatic carbocycles. The first kappa shape index (κ1) is 13.8. The van der Waals surface area contributed by atoms with Crippen LogP contribution in [0.1, 0.15) is 30.1 Å². The van der Waals surface area contributed by atoms with Crippen molar-refractivity contribution in [1.29, 1.82) is 0 Å². The highest BCUT2D eigenvalue weighted by molar-refractivity contribution is 5.95. The molecular formula is C16H20N4O. The zero-order valence-corrected chi connectivity index (χ0v) is 12.1. The van der Waals surface area contributed by atoms with Gasteiger partial charge in [-0.3, -0.25) is 4.79 Å². The van der Waals surface area contributed by atoms with Gasteiger partial charge in [-0.2, -0.15) is 0 Å². The van der Waals surface area contributed by atoms with Crippen molar-refractivity contribution in [3.8, 4) is 5.69 Å². The number of benzene rings is 1. The van der Waals surface area contributed by atoms with Gasteiger partial charge in [0.2, 0.25) is 0 Å². The second-order valence-electron chi connectivity index (χ2n) is 5.65. The van der Waals surface area contributed by atoms with Gasteiger partial charge < -0.3 is 15.2 Å². The van der Waals surface area contributed by atoms with Crippen molar-refractivity contribution in [2.45, 2.75) is 31.8 Å². The van der Waals surface area contributed by atoms with Gasteiger partial charge >= 0.3 is 0 Å². The van der Waals surface area contributed by atoms with Crippen LogP contribution in [0.15, 0.2) is 43.0 Å². The predicted molar refractivity (Wildman–Crippen MR) is 81.3 cm³/mol. The van der Waals surface area contributed by atoms with Crippen LogP contribution in [-0.2, 0) is 0 Å². The van der Waals surface area contributed by atoms with E-state index < -0.39 is 0 Å². The van der Waals surface area contributed by atoms with Crippen molar-refractivity contribution < 1.29 is 4.79 Å². The van der Waals surface area contributed by atoms with Crippen molar-refractivity contribution in [3.63, 3.8) is 0 Å². The van der Waals surface area contributed by atoms with Crippen LogP contribution in [-0.4, -0.2) is 39.0 Å². The molecule has 0 spiro atoms. The zero-order chi connectivity index (χ0) is 14.8. The summed E-state index contributed by atoms with van der Waals surface area (Å²) in [5.74, 6) is 0.0800. The molecule has 110 valence electrons. The van der Waals surface area contributed by atoms with E-state index >= 15 is 0 Å².